The van der Waals surface area contributed by atoms with Crippen molar-refractivity contribution in [3.63, 3.8) is 0 Å². The molecule has 2 aromatic rings. The summed E-state index contributed by atoms with van der Waals surface area (Å²) in [6, 6.07) is 8.00. The van der Waals surface area contributed by atoms with Gasteiger partial charge in [-0.1, -0.05) is 12.1 Å². The van der Waals surface area contributed by atoms with E-state index in [0.717, 1.165) is 5.56 Å². The zero-order valence-electron chi connectivity index (χ0n) is 10.9. The first-order valence-corrected chi connectivity index (χ1v) is 6.11. The van der Waals surface area contributed by atoms with Crippen LogP contribution in [0.5, 0.6) is 5.88 Å². The number of ether oxygens (including phenoxy) is 1. The van der Waals surface area contributed by atoms with E-state index in [4.69, 9.17) is 4.74 Å². The Bertz CT molecular complexity index is 528. The molecule has 0 fully saturated rings. The van der Waals surface area contributed by atoms with Gasteiger partial charge >= 0.3 is 0 Å². The van der Waals surface area contributed by atoms with E-state index in [1.165, 1.54) is 12.1 Å². The lowest BCUT2D eigenvalue weighted by Gasteiger charge is -2.10. The smallest absolute Gasteiger partial charge is 0.226 e. The summed E-state index contributed by atoms with van der Waals surface area (Å²) in [5, 5.41) is 3.07. The predicted molar refractivity (Wildman–Crippen MR) is 71.5 cm³/mol. The molecule has 0 saturated heterocycles. The normalized spacial score (nSPS) is 10.5. The molecule has 19 heavy (non-hydrogen) atoms. The van der Waals surface area contributed by atoms with Crippen LogP contribution in [0.4, 0.5) is 10.3 Å². The van der Waals surface area contributed by atoms with Crippen molar-refractivity contribution in [3.05, 3.63) is 47.9 Å². The van der Waals surface area contributed by atoms with Crippen molar-refractivity contribution in [1.82, 2.24) is 9.97 Å². The molecule has 0 atom stereocenters. The SMILES string of the molecule is CC(C)Oc1ccnc(NCc2ccc(F)cc2)n1. The molecule has 2 rings (SSSR count). The summed E-state index contributed by atoms with van der Waals surface area (Å²) in [6.07, 6.45) is 1.71. The summed E-state index contributed by atoms with van der Waals surface area (Å²) in [5.41, 5.74) is 0.959. The minimum absolute atomic E-state index is 0.0693. The van der Waals surface area contributed by atoms with Crippen molar-refractivity contribution in [1.29, 1.82) is 0 Å². The lowest BCUT2D eigenvalue weighted by molar-refractivity contribution is 0.232. The van der Waals surface area contributed by atoms with E-state index in [1.807, 2.05) is 13.8 Å². The van der Waals surface area contributed by atoms with Gasteiger partial charge in [0.05, 0.1) is 6.10 Å². The lowest BCUT2D eigenvalue weighted by atomic mass is 10.2. The number of halogens is 1. The highest BCUT2D eigenvalue weighted by Gasteiger charge is 2.02. The standard InChI is InChI=1S/C14H16FN3O/c1-10(2)19-13-7-8-16-14(18-13)17-9-11-3-5-12(15)6-4-11/h3-8,10H,9H2,1-2H3,(H,16,17,18). The van der Waals surface area contributed by atoms with Crippen LogP contribution < -0.4 is 10.1 Å². The van der Waals surface area contributed by atoms with E-state index >= 15 is 0 Å². The van der Waals surface area contributed by atoms with Gasteiger partial charge in [-0.2, -0.15) is 4.98 Å². The highest BCUT2D eigenvalue weighted by atomic mass is 19.1. The quantitative estimate of drug-likeness (QED) is 0.898. The van der Waals surface area contributed by atoms with Crippen molar-refractivity contribution in [2.75, 3.05) is 5.32 Å². The molecule has 1 N–H and O–H groups in total. The van der Waals surface area contributed by atoms with Gasteiger partial charge in [-0.25, -0.2) is 9.37 Å². The molecule has 1 heterocycles. The molecule has 0 amide bonds. The van der Waals surface area contributed by atoms with Gasteiger partial charge in [-0.15, -0.1) is 0 Å². The van der Waals surface area contributed by atoms with E-state index < -0.39 is 0 Å². The molecule has 0 aliphatic carbocycles. The lowest BCUT2D eigenvalue weighted by Crippen LogP contribution is -2.09. The largest absolute Gasteiger partial charge is 0.475 e. The Balaban J connectivity index is 1.97. The molecular weight excluding hydrogens is 245 g/mol. The van der Waals surface area contributed by atoms with Crippen LogP contribution in [0.15, 0.2) is 36.5 Å². The molecule has 0 radical (unpaired) electrons. The van der Waals surface area contributed by atoms with E-state index in [9.17, 15) is 4.39 Å². The third-order valence-corrected chi connectivity index (χ3v) is 2.35. The molecule has 1 aromatic heterocycles. The van der Waals surface area contributed by atoms with Crippen LogP contribution in [0.1, 0.15) is 19.4 Å². The summed E-state index contributed by atoms with van der Waals surface area (Å²) in [4.78, 5) is 8.33. The van der Waals surface area contributed by atoms with Gasteiger partial charge in [0.25, 0.3) is 0 Å². The van der Waals surface area contributed by atoms with E-state index in [2.05, 4.69) is 15.3 Å². The van der Waals surface area contributed by atoms with Gasteiger partial charge in [-0.3, -0.25) is 0 Å². The molecule has 0 saturated carbocycles. The zero-order valence-corrected chi connectivity index (χ0v) is 10.9. The first-order chi connectivity index (χ1) is 9.13. The average molecular weight is 261 g/mol. The number of benzene rings is 1. The fraction of sp³-hybridized carbons (Fsp3) is 0.286. The molecule has 5 heteroatoms. The molecule has 1 aromatic carbocycles. The minimum atomic E-state index is -0.243. The van der Waals surface area contributed by atoms with Crippen LogP contribution >= 0.6 is 0 Å². The van der Waals surface area contributed by atoms with Gasteiger partial charge in [0.15, 0.2) is 0 Å². The molecule has 4 nitrogen and oxygen atoms in total. The van der Waals surface area contributed by atoms with Gasteiger partial charge in [0, 0.05) is 18.8 Å². The first-order valence-electron chi connectivity index (χ1n) is 6.11. The maximum absolute atomic E-state index is 12.8. The molecule has 0 unspecified atom stereocenters. The van der Waals surface area contributed by atoms with E-state index in [-0.39, 0.29) is 11.9 Å². The Kier molecular flexibility index (Phi) is 4.28. The van der Waals surface area contributed by atoms with Crippen LogP contribution in [0.3, 0.4) is 0 Å². The molecule has 0 aliphatic heterocycles. The summed E-state index contributed by atoms with van der Waals surface area (Å²) < 4.78 is 18.2. The zero-order chi connectivity index (χ0) is 13.7. The average Bonchev–Trinajstić information content (AvgIpc) is 2.38. The maximum Gasteiger partial charge on any atom is 0.226 e. The van der Waals surface area contributed by atoms with Crippen molar-refractivity contribution in [2.24, 2.45) is 0 Å². The number of anilines is 1. The second-order valence-electron chi connectivity index (χ2n) is 4.37. The minimum Gasteiger partial charge on any atom is -0.475 e. The third-order valence-electron chi connectivity index (χ3n) is 2.35. The summed E-state index contributed by atoms with van der Waals surface area (Å²) >= 11 is 0. The molecule has 0 aliphatic rings. The molecule has 0 bridgehead atoms. The third kappa shape index (κ3) is 4.21. The summed E-state index contributed by atoms with van der Waals surface area (Å²) in [6.45, 7) is 4.41. The Morgan fingerprint density at radius 1 is 1.21 bits per heavy atom. The first kappa shape index (κ1) is 13.3. The maximum atomic E-state index is 12.8. The van der Waals surface area contributed by atoms with Gasteiger partial charge in [-0.05, 0) is 31.5 Å². The second kappa shape index (κ2) is 6.13. The van der Waals surface area contributed by atoms with Gasteiger partial charge < -0.3 is 10.1 Å². The molecule has 100 valence electrons. The number of hydrogen-bond donors (Lipinski definition) is 1. The Morgan fingerprint density at radius 3 is 2.63 bits per heavy atom. The number of rotatable bonds is 5. The van der Waals surface area contributed by atoms with Crippen molar-refractivity contribution in [2.45, 2.75) is 26.5 Å². The van der Waals surface area contributed by atoms with E-state index in [1.54, 1.807) is 24.4 Å². The van der Waals surface area contributed by atoms with Crippen LogP contribution in [0.2, 0.25) is 0 Å². The Hall–Kier alpha value is -2.17. The van der Waals surface area contributed by atoms with Crippen LogP contribution in [0, 0.1) is 5.82 Å². The van der Waals surface area contributed by atoms with Crippen molar-refractivity contribution >= 4 is 5.95 Å². The van der Waals surface area contributed by atoms with Gasteiger partial charge in [0.1, 0.15) is 5.82 Å². The Morgan fingerprint density at radius 2 is 1.95 bits per heavy atom. The number of aromatic nitrogens is 2. The number of nitrogens with zero attached hydrogens (tertiary/aromatic N) is 2. The monoisotopic (exact) mass is 261 g/mol. The van der Waals surface area contributed by atoms with Crippen molar-refractivity contribution < 1.29 is 9.13 Å². The molecule has 0 spiro atoms. The topological polar surface area (TPSA) is 47.0 Å². The van der Waals surface area contributed by atoms with Crippen LogP contribution in [-0.2, 0) is 6.54 Å². The molecular formula is C14H16FN3O. The number of hydrogen-bond acceptors (Lipinski definition) is 4. The van der Waals surface area contributed by atoms with Crippen molar-refractivity contribution in [3.8, 4) is 5.88 Å². The number of nitrogens with one attached hydrogen (secondary N) is 1. The van der Waals surface area contributed by atoms with E-state index in [0.29, 0.717) is 18.4 Å². The highest BCUT2D eigenvalue weighted by Crippen LogP contribution is 2.11. The fourth-order valence-electron chi connectivity index (χ4n) is 1.52. The predicted octanol–water partition coefficient (Wildman–Crippen LogP) is 3.02. The summed E-state index contributed by atoms with van der Waals surface area (Å²) in [5.74, 6) is 0.779. The van der Waals surface area contributed by atoms with Crippen LogP contribution in [0.25, 0.3) is 0 Å². The second-order valence-corrected chi connectivity index (χ2v) is 4.37. The fourth-order valence-corrected chi connectivity index (χ4v) is 1.52. The van der Waals surface area contributed by atoms with Gasteiger partial charge in [0.2, 0.25) is 11.8 Å². The van der Waals surface area contributed by atoms with Crippen LogP contribution in [-0.4, -0.2) is 16.1 Å². The summed E-state index contributed by atoms with van der Waals surface area (Å²) in [7, 11) is 0. The Labute approximate surface area is 111 Å². The highest BCUT2D eigenvalue weighted by molar-refractivity contribution is 5.30.